The highest BCUT2D eigenvalue weighted by Gasteiger charge is 2.29. The minimum absolute atomic E-state index is 0.469. The van der Waals surface area contributed by atoms with E-state index in [0.717, 1.165) is 10.0 Å². The maximum atomic E-state index is 10.4. The Morgan fingerprint density at radius 2 is 1.94 bits per heavy atom. The van der Waals surface area contributed by atoms with E-state index in [-0.39, 0.29) is 0 Å². The summed E-state index contributed by atoms with van der Waals surface area (Å²) < 4.78 is 6.08. The third-order valence-corrected chi connectivity index (χ3v) is 3.44. The van der Waals surface area contributed by atoms with Crippen molar-refractivity contribution in [1.82, 2.24) is 0 Å². The van der Waals surface area contributed by atoms with Crippen molar-refractivity contribution in [3.63, 3.8) is 0 Å². The summed E-state index contributed by atoms with van der Waals surface area (Å²) in [5, 5.41) is 11.1. The van der Waals surface area contributed by atoms with Crippen LogP contribution in [0.25, 0.3) is 0 Å². The summed E-state index contributed by atoms with van der Waals surface area (Å²) in [7, 11) is 0. The van der Waals surface area contributed by atoms with Gasteiger partial charge in [-0.15, -0.1) is 0 Å². The van der Waals surface area contributed by atoms with E-state index in [1.54, 1.807) is 19.3 Å². The molecule has 2 nitrogen and oxygen atoms in total. The van der Waals surface area contributed by atoms with E-state index in [2.05, 4.69) is 15.9 Å². The van der Waals surface area contributed by atoms with Crippen LogP contribution in [0.2, 0.25) is 5.02 Å². The maximum Gasteiger partial charge on any atom is 0.149 e. The molecule has 0 radical (unpaired) electrons. The summed E-state index contributed by atoms with van der Waals surface area (Å²) in [6, 6.07) is 9.18. The van der Waals surface area contributed by atoms with Gasteiger partial charge in [-0.1, -0.05) is 23.7 Å². The van der Waals surface area contributed by atoms with Gasteiger partial charge in [0, 0.05) is 11.4 Å². The van der Waals surface area contributed by atoms with Gasteiger partial charge in [-0.3, -0.25) is 0 Å². The van der Waals surface area contributed by atoms with Gasteiger partial charge in [0.2, 0.25) is 0 Å². The first kappa shape index (κ1) is 12.7. The Labute approximate surface area is 113 Å². The smallest absolute Gasteiger partial charge is 0.149 e. The molecule has 1 N–H and O–H groups in total. The monoisotopic (exact) mass is 314 g/mol. The van der Waals surface area contributed by atoms with E-state index < -0.39 is 5.60 Å². The molecule has 1 aromatic heterocycles. The molecule has 0 aliphatic heterocycles. The Hall–Kier alpha value is -0.770. The Balaban J connectivity index is 2.23. The summed E-state index contributed by atoms with van der Waals surface area (Å²) >= 11 is 9.17. The predicted octanol–water partition coefficient (Wildman–Crippen LogP) is 4.15. The van der Waals surface area contributed by atoms with E-state index in [9.17, 15) is 5.11 Å². The topological polar surface area (TPSA) is 33.4 Å². The van der Waals surface area contributed by atoms with Gasteiger partial charge in [-0.25, -0.2) is 0 Å². The van der Waals surface area contributed by atoms with Crippen LogP contribution in [0.15, 0.2) is 45.5 Å². The zero-order valence-corrected chi connectivity index (χ0v) is 11.6. The van der Waals surface area contributed by atoms with Gasteiger partial charge in [0.15, 0.2) is 0 Å². The molecule has 0 amide bonds. The molecule has 1 aromatic carbocycles. The van der Waals surface area contributed by atoms with Crippen molar-refractivity contribution in [2.24, 2.45) is 0 Å². The summed E-state index contributed by atoms with van der Waals surface area (Å²) in [6.45, 7) is 1.73. The standard InChI is InChI=1S/C13H12BrClO2/c1-13(16,12-11(14)6-7-17-12)8-9-2-4-10(15)5-3-9/h2-7,16H,8H2,1H3. The Kier molecular flexibility index (Phi) is 3.61. The summed E-state index contributed by atoms with van der Waals surface area (Å²) in [6.07, 6.45) is 2.02. The highest BCUT2D eigenvalue weighted by atomic mass is 79.9. The normalized spacial score (nSPS) is 14.6. The Bertz CT molecular complexity index is 502. The number of furan rings is 1. The van der Waals surface area contributed by atoms with Crippen LogP contribution >= 0.6 is 27.5 Å². The molecule has 0 aliphatic carbocycles. The van der Waals surface area contributed by atoms with Crippen LogP contribution < -0.4 is 0 Å². The molecule has 0 spiro atoms. The molecule has 2 rings (SSSR count). The first-order chi connectivity index (χ1) is 7.99. The Morgan fingerprint density at radius 3 is 2.47 bits per heavy atom. The van der Waals surface area contributed by atoms with E-state index in [0.29, 0.717) is 17.2 Å². The van der Waals surface area contributed by atoms with E-state index >= 15 is 0 Å². The fourth-order valence-corrected chi connectivity index (χ4v) is 2.51. The molecule has 1 atom stereocenters. The number of hydrogen-bond acceptors (Lipinski definition) is 2. The second kappa shape index (κ2) is 4.84. The van der Waals surface area contributed by atoms with Gasteiger partial charge < -0.3 is 9.52 Å². The fourth-order valence-electron chi connectivity index (χ4n) is 1.76. The van der Waals surface area contributed by atoms with Crippen LogP contribution in [0.1, 0.15) is 18.2 Å². The molecule has 1 unspecified atom stereocenters. The number of benzene rings is 1. The van der Waals surface area contributed by atoms with E-state index in [1.807, 2.05) is 24.3 Å². The summed E-state index contributed by atoms with van der Waals surface area (Å²) in [5.74, 6) is 0.535. The van der Waals surface area contributed by atoms with Crippen LogP contribution in [0, 0.1) is 0 Å². The minimum atomic E-state index is -1.05. The fraction of sp³-hybridized carbons (Fsp3) is 0.231. The molecule has 17 heavy (non-hydrogen) atoms. The Morgan fingerprint density at radius 1 is 1.29 bits per heavy atom. The van der Waals surface area contributed by atoms with Crippen molar-refractivity contribution in [3.05, 3.63) is 57.4 Å². The molecule has 2 aromatic rings. The highest BCUT2D eigenvalue weighted by Crippen LogP contribution is 2.32. The molecule has 0 bridgehead atoms. The second-order valence-corrected chi connectivity index (χ2v) is 5.47. The molecule has 90 valence electrons. The van der Waals surface area contributed by atoms with Crippen LogP contribution in [0.5, 0.6) is 0 Å². The van der Waals surface area contributed by atoms with Crippen LogP contribution in [-0.2, 0) is 12.0 Å². The highest BCUT2D eigenvalue weighted by molar-refractivity contribution is 9.10. The van der Waals surface area contributed by atoms with E-state index in [1.165, 1.54) is 0 Å². The first-order valence-corrected chi connectivity index (χ1v) is 6.36. The van der Waals surface area contributed by atoms with Gasteiger partial charge in [0.25, 0.3) is 0 Å². The summed E-state index contributed by atoms with van der Waals surface area (Å²) in [4.78, 5) is 0. The lowest BCUT2D eigenvalue weighted by Gasteiger charge is -2.21. The molecule has 4 heteroatoms. The van der Waals surface area contributed by atoms with Crippen molar-refractivity contribution in [1.29, 1.82) is 0 Å². The number of aliphatic hydroxyl groups is 1. The lowest BCUT2D eigenvalue weighted by atomic mass is 9.94. The second-order valence-electron chi connectivity index (χ2n) is 4.17. The summed E-state index contributed by atoms with van der Waals surface area (Å²) in [5.41, 5.74) is -0.0430. The lowest BCUT2D eigenvalue weighted by Crippen LogP contribution is -2.24. The molecule has 0 saturated heterocycles. The van der Waals surface area contributed by atoms with Gasteiger partial charge in [-0.05, 0) is 46.6 Å². The molecule has 0 saturated carbocycles. The van der Waals surface area contributed by atoms with Gasteiger partial charge in [0.05, 0.1) is 10.7 Å². The average Bonchev–Trinajstić information content (AvgIpc) is 2.68. The van der Waals surface area contributed by atoms with Gasteiger partial charge in [0.1, 0.15) is 11.4 Å². The zero-order chi connectivity index (χ0) is 12.5. The first-order valence-electron chi connectivity index (χ1n) is 5.19. The largest absolute Gasteiger partial charge is 0.465 e. The lowest BCUT2D eigenvalue weighted by molar-refractivity contribution is 0.0335. The minimum Gasteiger partial charge on any atom is -0.465 e. The molecular weight excluding hydrogens is 303 g/mol. The van der Waals surface area contributed by atoms with Crippen LogP contribution in [-0.4, -0.2) is 5.11 Å². The number of halogens is 2. The van der Waals surface area contributed by atoms with Crippen molar-refractivity contribution < 1.29 is 9.52 Å². The van der Waals surface area contributed by atoms with Crippen molar-refractivity contribution in [3.8, 4) is 0 Å². The number of rotatable bonds is 3. The third kappa shape index (κ3) is 2.92. The predicted molar refractivity (Wildman–Crippen MR) is 71.1 cm³/mol. The van der Waals surface area contributed by atoms with Crippen LogP contribution in [0.3, 0.4) is 0 Å². The van der Waals surface area contributed by atoms with Gasteiger partial charge in [-0.2, -0.15) is 0 Å². The maximum absolute atomic E-state index is 10.4. The molecule has 0 fully saturated rings. The van der Waals surface area contributed by atoms with Crippen molar-refractivity contribution in [2.75, 3.05) is 0 Å². The van der Waals surface area contributed by atoms with E-state index in [4.69, 9.17) is 16.0 Å². The molecular formula is C13H12BrClO2. The third-order valence-electron chi connectivity index (χ3n) is 2.57. The SMILES string of the molecule is CC(O)(Cc1ccc(Cl)cc1)c1occc1Br. The van der Waals surface area contributed by atoms with Crippen LogP contribution in [0.4, 0.5) is 0 Å². The van der Waals surface area contributed by atoms with Crippen molar-refractivity contribution >= 4 is 27.5 Å². The average molecular weight is 316 g/mol. The van der Waals surface area contributed by atoms with Crippen molar-refractivity contribution in [2.45, 2.75) is 18.9 Å². The zero-order valence-electron chi connectivity index (χ0n) is 9.28. The quantitative estimate of drug-likeness (QED) is 0.923. The van der Waals surface area contributed by atoms with Gasteiger partial charge >= 0.3 is 0 Å². The molecule has 1 heterocycles. The number of hydrogen-bond donors (Lipinski definition) is 1. The molecule has 0 aliphatic rings.